The molecule has 96 valence electrons. The Morgan fingerprint density at radius 3 is 2.71 bits per heavy atom. The van der Waals surface area contributed by atoms with E-state index in [-0.39, 0.29) is 11.9 Å². The summed E-state index contributed by atoms with van der Waals surface area (Å²) in [6.07, 6.45) is 3.05. The van der Waals surface area contributed by atoms with Gasteiger partial charge < -0.3 is 0 Å². The monoisotopic (exact) mass is 238 g/mol. The quantitative estimate of drug-likeness (QED) is 0.590. The Morgan fingerprint density at radius 2 is 2.12 bits per heavy atom. The third kappa shape index (κ3) is 4.10. The van der Waals surface area contributed by atoms with Crippen molar-refractivity contribution in [2.75, 3.05) is 0 Å². The smallest absolute Gasteiger partial charge is 0.123 e. The molecule has 3 heteroatoms. The van der Waals surface area contributed by atoms with E-state index in [2.05, 4.69) is 19.3 Å². The van der Waals surface area contributed by atoms with Gasteiger partial charge in [0.15, 0.2) is 0 Å². The molecule has 1 aromatic rings. The van der Waals surface area contributed by atoms with Crippen LogP contribution in [0.5, 0.6) is 0 Å². The minimum absolute atomic E-state index is 0.176. The molecule has 0 aliphatic carbocycles. The Balaban J connectivity index is 2.76. The second kappa shape index (κ2) is 6.72. The normalized spacial score (nSPS) is 14.6. The molecule has 0 aromatic heterocycles. The van der Waals surface area contributed by atoms with Crippen molar-refractivity contribution in [1.82, 2.24) is 5.43 Å². The average molecular weight is 238 g/mol. The molecule has 0 aliphatic rings. The summed E-state index contributed by atoms with van der Waals surface area (Å²) in [5.41, 5.74) is 5.02. The Labute approximate surface area is 103 Å². The molecule has 0 amide bonds. The molecule has 17 heavy (non-hydrogen) atoms. The van der Waals surface area contributed by atoms with Crippen LogP contribution in [0.1, 0.15) is 37.8 Å². The summed E-state index contributed by atoms with van der Waals surface area (Å²) in [7, 11) is 0. The second-order valence-corrected chi connectivity index (χ2v) is 4.81. The fraction of sp³-hybridized carbons (Fsp3) is 0.571. The summed E-state index contributed by atoms with van der Waals surface area (Å²) >= 11 is 0. The number of hydrogen-bond acceptors (Lipinski definition) is 2. The van der Waals surface area contributed by atoms with Crippen LogP contribution in [0.15, 0.2) is 18.2 Å². The van der Waals surface area contributed by atoms with Gasteiger partial charge in [-0.05, 0) is 48.9 Å². The zero-order valence-electron chi connectivity index (χ0n) is 11.0. The first-order valence-electron chi connectivity index (χ1n) is 6.29. The van der Waals surface area contributed by atoms with Crippen molar-refractivity contribution >= 4 is 0 Å². The molecular weight excluding hydrogens is 215 g/mol. The van der Waals surface area contributed by atoms with Gasteiger partial charge in [0.25, 0.3) is 0 Å². The van der Waals surface area contributed by atoms with Gasteiger partial charge in [-0.25, -0.2) is 4.39 Å². The van der Waals surface area contributed by atoms with Crippen molar-refractivity contribution in [2.45, 2.75) is 46.1 Å². The molecule has 2 unspecified atom stereocenters. The van der Waals surface area contributed by atoms with Crippen molar-refractivity contribution in [3.05, 3.63) is 35.1 Å². The topological polar surface area (TPSA) is 38.0 Å². The van der Waals surface area contributed by atoms with E-state index in [1.165, 1.54) is 6.07 Å². The number of halogens is 1. The standard InChI is InChI=1S/C14H23FN2/c1-4-5-11(3)14(17-16)9-12-8-13(15)7-6-10(12)2/h6-8,11,14,17H,4-5,9,16H2,1-3H3. The van der Waals surface area contributed by atoms with Gasteiger partial charge in [0.1, 0.15) is 5.82 Å². The Bertz CT molecular complexity index is 352. The minimum Gasteiger partial charge on any atom is -0.271 e. The maximum Gasteiger partial charge on any atom is 0.123 e. The van der Waals surface area contributed by atoms with Gasteiger partial charge in [0.2, 0.25) is 0 Å². The number of hydrazine groups is 1. The van der Waals surface area contributed by atoms with E-state index in [0.717, 1.165) is 30.4 Å². The first-order valence-corrected chi connectivity index (χ1v) is 6.29. The van der Waals surface area contributed by atoms with E-state index < -0.39 is 0 Å². The van der Waals surface area contributed by atoms with Crippen molar-refractivity contribution in [1.29, 1.82) is 0 Å². The van der Waals surface area contributed by atoms with Gasteiger partial charge in [0.05, 0.1) is 0 Å². The molecule has 1 rings (SSSR count). The van der Waals surface area contributed by atoms with Crippen molar-refractivity contribution in [3.63, 3.8) is 0 Å². The molecule has 1 aromatic carbocycles. The zero-order valence-corrected chi connectivity index (χ0v) is 11.0. The Kier molecular flexibility index (Phi) is 5.59. The van der Waals surface area contributed by atoms with Gasteiger partial charge in [-0.1, -0.05) is 26.3 Å². The van der Waals surface area contributed by atoms with Crippen LogP contribution in [0.4, 0.5) is 4.39 Å². The molecule has 3 N–H and O–H groups in total. The van der Waals surface area contributed by atoms with Gasteiger partial charge in [0, 0.05) is 6.04 Å². The van der Waals surface area contributed by atoms with Crippen LogP contribution in [-0.4, -0.2) is 6.04 Å². The first kappa shape index (κ1) is 14.1. The van der Waals surface area contributed by atoms with Crippen molar-refractivity contribution in [3.8, 4) is 0 Å². The van der Waals surface area contributed by atoms with Gasteiger partial charge in [-0.15, -0.1) is 0 Å². The van der Waals surface area contributed by atoms with Gasteiger partial charge in [-0.3, -0.25) is 11.3 Å². The second-order valence-electron chi connectivity index (χ2n) is 4.81. The number of rotatable bonds is 6. The number of nitrogens with two attached hydrogens (primary N) is 1. The van der Waals surface area contributed by atoms with Crippen LogP contribution < -0.4 is 11.3 Å². The maximum absolute atomic E-state index is 13.2. The third-order valence-corrected chi connectivity index (χ3v) is 3.40. The fourth-order valence-corrected chi connectivity index (χ4v) is 2.18. The van der Waals surface area contributed by atoms with E-state index in [1.54, 1.807) is 6.07 Å². The van der Waals surface area contributed by atoms with Crippen LogP contribution in [0.3, 0.4) is 0 Å². The molecule has 2 nitrogen and oxygen atoms in total. The highest BCUT2D eigenvalue weighted by Gasteiger charge is 2.16. The summed E-state index contributed by atoms with van der Waals surface area (Å²) in [5, 5.41) is 0. The van der Waals surface area contributed by atoms with Gasteiger partial charge in [-0.2, -0.15) is 0 Å². The predicted molar refractivity (Wildman–Crippen MR) is 70.0 cm³/mol. The number of benzene rings is 1. The molecular formula is C14H23FN2. The minimum atomic E-state index is -0.176. The molecule has 0 bridgehead atoms. The molecule has 0 heterocycles. The number of aryl methyl sites for hydroxylation is 1. The molecule has 0 radical (unpaired) electrons. The van der Waals surface area contributed by atoms with Crippen LogP contribution in [0.2, 0.25) is 0 Å². The molecule has 2 atom stereocenters. The average Bonchev–Trinajstić information content (AvgIpc) is 2.30. The number of hydrogen-bond donors (Lipinski definition) is 2. The molecule has 0 saturated heterocycles. The Morgan fingerprint density at radius 1 is 1.41 bits per heavy atom. The highest BCUT2D eigenvalue weighted by molar-refractivity contribution is 5.27. The third-order valence-electron chi connectivity index (χ3n) is 3.40. The van der Waals surface area contributed by atoms with Crippen molar-refractivity contribution < 1.29 is 4.39 Å². The lowest BCUT2D eigenvalue weighted by Crippen LogP contribution is -2.41. The van der Waals surface area contributed by atoms with E-state index in [9.17, 15) is 4.39 Å². The molecule has 0 aliphatic heterocycles. The molecule has 0 saturated carbocycles. The lowest BCUT2D eigenvalue weighted by atomic mass is 9.90. The summed E-state index contributed by atoms with van der Waals surface area (Å²) in [6, 6.07) is 5.13. The van der Waals surface area contributed by atoms with Gasteiger partial charge >= 0.3 is 0 Å². The van der Waals surface area contributed by atoms with E-state index in [4.69, 9.17) is 5.84 Å². The fourth-order valence-electron chi connectivity index (χ4n) is 2.18. The van der Waals surface area contributed by atoms with E-state index in [1.807, 2.05) is 13.0 Å². The summed E-state index contributed by atoms with van der Waals surface area (Å²) in [5.74, 6) is 5.91. The van der Waals surface area contributed by atoms with Crippen LogP contribution >= 0.6 is 0 Å². The SMILES string of the molecule is CCCC(C)C(Cc1cc(F)ccc1C)NN. The lowest BCUT2D eigenvalue weighted by molar-refractivity contribution is 0.356. The maximum atomic E-state index is 13.2. The van der Waals surface area contributed by atoms with Crippen LogP contribution in [0.25, 0.3) is 0 Å². The van der Waals surface area contributed by atoms with Crippen LogP contribution in [0, 0.1) is 18.7 Å². The molecule has 0 fully saturated rings. The van der Waals surface area contributed by atoms with Crippen molar-refractivity contribution in [2.24, 2.45) is 11.8 Å². The Hall–Kier alpha value is -0.930. The molecule has 0 spiro atoms. The lowest BCUT2D eigenvalue weighted by Gasteiger charge is -2.23. The summed E-state index contributed by atoms with van der Waals surface area (Å²) in [4.78, 5) is 0. The largest absolute Gasteiger partial charge is 0.271 e. The van der Waals surface area contributed by atoms with Crippen LogP contribution in [-0.2, 0) is 6.42 Å². The predicted octanol–water partition coefficient (Wildman–Crippen LogP) is 2.94. The van der Waals surface area contributed by atoms with E-state index >= 15 is 0 Å². The van der Waals surface area contributed by atoms with E-state index in [0.29, 0.717) is 5.92 Å². The summed E-state index contributed by atoms with van der Waals surface area (Å²) < 4.78 is 13.2. The highest BCUT2D eigenvalue weighted by atomic mass is 19.1. The highest BCUT2D eigenvalue weighted by Crippen LogP contribution is 2.18. The number of nitrogens with one attached hydrogen (secondary N) is 1. The first-order chi connectivity index (χ1) is 8.08. The summed E-state index contributed by atoms with van der Waals surface area (Å²) in [6.45, 7) is 6.35. The zero-order chi connectivity index (χ0) is 12.8.